The summed E-state index contributed by atoms with van der Waals surface area (Å²) in [4.78, 5) is 46.7. The number of benzene rings is 4. The van der Waals surface area contributed by atoms with Crippen molar-refractivity contribution in [2.24, 2.45) is 0 Å². The monoisotopic (exact) mass is 904 g/mol. The normalized spacial score (nSPS) is 14.4. The first-order valence-corrected chi connectivity index (χ1v) is 20.3. The molecule has 8 rings (SSSR count). The van der Waals surface area contributed by atoms with Crippen molar-refractivity contribution in [2.45, 2.75) is 32.4 Å². The maximum atomic E-state index is 13.4. The van der Waals surface area contributed by atoms with Crippen molar-refractivity contribution in [3.63, 3.8) is 0 Å². The number of alkyl halides is 6. The van der Waals surface area contributed by atoms with Crippen LogP contribution >= 0.6 is 0 Å². The summed E-state index contributed by atoms with van der Waals surface area (Å²) in [5, 5.41) is 16.2. The van der Waals surface area contributed by atoms with Gasteiger partial charge in [0.1, 0.15) is 0 Å². The van der Waals surface area contributed by atoms with Crippen LogP contribution in [0.3, 0.4) is 0 Å². The topological polar surface area (TPSA) is 157 Å². The number of para-hydroxylation sites is 2. The first-order valence-electron chi connectivity index (χ1n) is 20.3. The lowest BCUT2D eigenvalue weighted by atomic mass is 10.1. The number of aromatic nitrogens is 4. The molecule has 2 aliphatic heterocycles. The van der Waals surface area contributed by atoms with E-state index in [2.05, 4.69) is 25.7 Å². The van der Waals surface area contributed by atoms with Crippen LogP contribution < -0.4 is 15.1 Å². The first kappa shape index (κ1) is 45.7. The van der Waals surface area contributed by atoms with Crippen LogP contribution in [0.4, 0.5) is 47.3 Å². The van der Waals surface area contributed by atoms with E-state index in [1.165, 1.54) is 6.92 Å². The van der Waals surface area contributed by atoms with Gasteiger partial charge >= 0.3 is 36.2 Å². The highest BCUT2D eigenvalue weighted by molar-refractivity contribution is 5.93. The molecule has 6 aromatic rings. The number of anilines is 2. The van der Waals surface area contributed by atoms with E-state index >= 15 is 0 Å². The standard InChI is InChI=1S/C23H22F3N5O3.C21H20F3N5O2/c1-16(32)29-11-13-30(14-12-29)22(33)31(19-5-3-2-4-6-19)15-17-7-9-18(10-8-17)20-27-28-21(34-20)23(24,25)26;22-21(23,24)19-27-26-18(31-19)16-8-6-15(7-9-16)14-29(17-4-2-1-3-5-17)20(30)28-12-10-25-11-13-28/h2-10H,11-15H2,1H3;1-9,25H,10-14H2. The van der Waals surface area contributed by atoms with Crippen molar-refractivity contribution in [2.75, 3.05) is 62.2 Å². The van der Waals surface area contributed by atoms with E-state index in [-0.39, 0.29) is 36.3 Å². The Labute approximate surface area is 368 Å². The third kappa shape index (κ3) is 11.6. The number of urea groups is 2. The molecular formula is C44H42F6N10O5. The largest absolute Gasteiger partial charge is 0.470 e. The van der Waals surface area contributed by atoms with Crippen LogP contribution in [0.2, 0.25) is 0 Å². The molecule has 1 N–H and O–H groups in total. The Kier molecular flexibility index (Phi) is 14.1. The summed E-state index contributed by atoms with van der Waals surface area (Å²) >= 11 is 0. The van der Waals surface area contributed by atoms with Gasteiger partial charge in [-0.2, -0.15) is 26.3 Å². The quantitative estimate of drug-likeness (QED) is 0.149. The Morgan fingerprint density at radius 2 is 0.908 bits per heavy atom. The summed E-state index contributed by atoms with van der Waals surface area (Å²) in [6.45, 7) is 6.61. The van der Waals surface area contributed by atoms with E-state index in [1.54, 1.807) is 73.0 Å². The molecule has 0 radical (unpaired) electrons. The van der Waals surface area contributed by atoms with Crippen molar-refractivity contribution in [1.29, 1.82) is 0 Å². The molecule has 2 fully saturated rings. The fraction of sp³-hybridized carbons (Fsp3) is 0.295. The number of halogens is 6. The molecule has 0 bridgehead atoms. The average molecular weight is 905 g/mol. The van der Waals surface area contributed by atoms with Crippen molar-refractivity contribution >= 4 is 29.3 Å². The first-order chi connectivity index (χ1) is 31.1. The lowest BCUT2D eigenvalue weighted by molar-refractivity contribution is -0.157. The number of rotatable bonds is 8. The molecule has 340 valence electrons. The van der Waals surface area contributed by atoms with Gasteiger partial charge in [0.2, 0.25) is 17.7 Å². The van der Waals surface area contributed by atoms with Gasteiger partial charge in [0.25, 0.3) is 0 Å². The minimum absolute atomic E-state index is 0.0179. The van der Waals surface area contributed by atoms with Gasteiger partial charge in [-0.25, -0.2) is 9.59 Å². The molecule has 0 atom stereocenters. The zero-order valence-electron chi connectivity index (χ0n) is 34.8. The number of carbonyl (C=O) groups is 3. The number of hydrogen-bond acceptors (Lipinski definition) is 10. The summed E-state index contributed by atoms with van der Waals surface area (Å²) in [7, 11) is 0. The third-order valence-electron chi connectivity index (χ3n) is 10.4. The van der Waals surface area contributed by atoms with Crippen LogP contribution in [0.25, 0.3) is 22.9 Å². The van der Waals surface area contributed by atoms with Crippen LogP contribution in [0, 0.1) is 0 Å². The Hall–Kier alpha value is -7.29. The van der Waals surface area contributed by atoms with Crippen molar-refractivity contribution in [3.8, 4) is 22.9 Å². The van der Waals surface area contributed by atoms with Crippen LogP contribution in [0.5, 0.6) is 0 Å². The minimum atomic E-state index is -4.71. The van der Waals surface area contributed by atoms with E-state index in [0.717, 1.165) is 29.9 Å². The average Bonchev–Trinajstić information content (AvgIpc) is 4.04. The number of piperazine rings is 2. The molecule has 4 heterocycles. The van der Waals surface area contributed by atoms with Crippen LogP contribution in [0.1, 0.15) is 29.8 Å². The molecule has 0 spiro atoms. The fourth-order valence-electron chi connectivity index (χ4n) is 6.94. The van der Waals surface area contributed by atoms with Gasteiger partial charge in [0.05, 0.1) is 13.1 Å². The lowest BCUT2D eigenvalue weighted by Crippen LogP contribution is -2.53. The molecule has 2 aliphatic rings. The van der Waals surface area contributed by atoms with E-state index in [9.17, 15) is 40.7 Å². The van der Waals surface area contributed by atoms with Gasteiger partial charge in [-0.3, -0.25) is 14.6 Å². The predicted octanol–water partition coefficient (Wildman–Crippen LogP) is 7.83. The smallest absolute Gasteiger partial charge is 0.413 e. The predicted molar refractivity (Wildman–Crippen MR) is 224 cm³/mol. The third-order valence-corrected chi connectivity index (χ3v) is 10.4. The SMILES string of the molecule is CC(=O)N1CCN(C(=O)N(Cc2ccc(-c3nnc(C(F)(F)F)o3)cc2)c2ccccc2)CC1.O=C(N1CCNCC1)N(Cc1ccc(-c2nnc(C(F)(F)F)o2)cc1)c1ccccc1. The molecule has 2 saturated heterocycles. The van der Waals surface area contributed by atoms with E-state index < -0.39 is 24.1 Å². The molecular weight excluding hydrogens is 863 g/mol. The van der Waals surface area contributed by atoms with E-state index in [1.807, 2.05) is 60.7 Å². The zero-order valence-corrected chi connectivity index (χ0v) is 34.8. The summed E-state index contributed by atoms with van der Waals surface area (Å²) in [6.07, 6.45) is -9.40. The van der Waals surface area contributed by atoms with Gasteiger partial charge in [-0.15, -0.1) is 20.4 Å². The molecule has 4 aromatic carbocycles. The summed E-state index contributed by atoms with van der Waals surface area (Å²) in [5.74, 6) is -3.26. The van der Waals surface area contributed by atoms with Gasteiger partial charge in [-0.05, 0) is 59.7 Å². The van der Waals surface area contributed by atoms with Crippen LogP contribution in [-0.4, -0.2) is 105 Å². The van der Waals surface area contributed by atoms with Crippen molar-refractivity contribution in [3.05, 3.63) is 132 Å². The molecule has 15 nitrogen and oxygen atoms in total. The molecule has 0 aliphatic carbocycles. The maximum Gasteiger partial charge on any atom is 0.470 e. The number of carbonyl (C=O) groups excluding carboxylic acids is 3. The second-order valence-electron chi connectivity index (χ2n) is 14.9. The van der Waals surface area contributed by atoms with Crippen molar-refractivity contribution < 1.29 is 49.6 Å². The van der Waals surface area contributed by atoms with Gasteiger partial charge in [0, 0.05) is 81.8 Å². The fourth-order valence-corrected chi connectivity index (χ4v) is 6.94. The van der Waals surface area contributed by atoms with E-state index in [0.29, 0.717) is 62.6 Å². The molecule has 0 unspecified atom stereocenters. The number of nitrogens with zero attached hydrogens (tertiary/aromatic N) is 9. The van der Waals surface area contributed by atoms with Gasteiger partial charge in [-0.1, -0.05) is 60.7 Å². The molecule has 65 heavy (non-hydrogen) atoms. The minimum Gasteiger partial charge on any atom is -0.413 e. The Bertz CT molecular complexity index is 2510. The zero-order chi connectivity index (χ0) is 46.1. The van der Waals surface area contributed by atoms with Crippen molar-refractivity contribution in [1.82, 2.24) is 40.4 Å². The second kappa shape index (κ2) is 20.0. The lowest BCUT2D eigenvalue weighted by Gasteiger charge is -2.37. The highest BCUT2D eigenvalue weighted by Crippen LogP contribution is 2.32. The Balaban J connectivity index is 0.000000195. The highest BCUT2D eigenvalue weighted by atomic mass is 19.4. The van der Waals surface area contributed by atoms with E-state index in [4.69, 9.17) is 8.83 Å². The second-order valence-corrected chi connectivity index (χ2v) is 14.9. The number of hydrogen-bond donors (Lipinski definition) is 1. The molecule has 5 amide bonds. The summed E-state index contributed by atoms with van der Waals surface area (Å²) < 4.78 is 85.6. The van der Waals surface area contributed by atoms with Crippen LogP contribution in [0.15, 0.2) is 118 Å². The number of nitrogens with one attached hydrogen (secondary N) is 1. The summed E-state index contributed by atoms with van der Waals surface area (Å²) in [5.41, 5.74) is 3.75. The highest BCUT2D eigenvalue weighted by Gasteiger charge is 2.39. The molecule has 0 saturated carbocycles. The van der Waals surface area contributed by atoms with Gasteiger partial charge in [0.15, 0.2) is 0 Å². The summed E-state index contributed by atoms with van der Waals surface area (Å²) in [6, 6.07) is 31.4. The van der Waals surface area contributed by atoms with Gasteiger partial charge < -0.3 is 28.9 Å². The number of amides is 5. The Morgan fingerprint density at radius 1 is 0.538 bits per heavy atom. The molecule has 2 aromatic heterocycles. The van der Waals surface area contributed by atoms with Crippen LogP contribution in [-0.2, 0) is 30.2 Å². The molecule has 21 heteroatoms. The Morgan fingerprint density at radius 3 is 1.26 bits per heavy atom. The maximum absolute atomic E-state index is 13.4.